The minimum atomic E-state index is -0.264. The third kappa shape index (κ3) is 4.76. The average molecular weight is 212 g/mol. The van der Waals surface area contributed by atoms with E-state index in [1.807, 2.05) is 19.0 Å². The highest BCUT2D eigenvalue weighted by molar-refractivity contribution is 5.22. The number of hydrogen-bond donors (Lipinski definition) is 1. The van der Waals surface area contributed by atoms with E-state index in [4.69, 9.17) is 10.5 Å². The molecule has 0 aliphatic heterocycles. The van der Waals surface area contributed by atoms with Crippen LogP contribution in [0, 0.1) is 5.82 Å². The molecule has 1 aromatic carbocycles. The number of ether oxygens (including phenoxy) is 1. The second kappa shape index (κ2) is 5.68. The molecule has 0 aromatic heterocycles. The van der Waals surface area contributed by atoms with Gasteiger partial charge in [-0.15, -0.1) is 0 Å². The van der Waals surface area contributed by atoms with Crippen LogP contribution in [0.2, 0.25) is 0 Å². The van der Waals surface area contributed by atoms with Crippen molar-refractivity contribution in [3.63, 3.8) is 0 Å². The van der Waals surface area contributed by atoms with Gasteiger partial charge in [0, 0.05) is 6.54 Å². The molecule has 4 heteroatoms. The van der Waals surface area contributed by atoms with Gasteiger partial charge in [0.15, 0.2) is 0 Å². The molecule has 0 radical (unpaired) electrons. The van der Waals surface area contributed by atoms with E-state index in [1.54, 1.807) is 12.1 Å². The Morgan fingerprint density at radius 1 is 1.33 bits per heavy atom. The van der Waals surface area contributed by atoms with E-state index in [1.165, 1.54) is 12.1 Å². The second-order valence-corrected chi connectivity index (χ2v) is 3.79. The minimum absolute atomic E-state index is 0.0370. The Labute approximate surface area is 89.6 Å². The number of hydrogen-bond acceptors (Lipinski definition) is 3. The minimum Gasteiger partial charge on any atom is -0.492 e. The van der Waals surface area contributed by atoms with E-state index in [9.17, 15) is 4.39 Å². The first-order valence-corrected chi connectivity index (χ1v) is 4.86. The third-order valence-corrected chi connectivity index (χ3v) is 1.88. The zero-order valence-corrected chi connectivity index (χ0v) is 9.11. The largest absolute Gasteiger partial charge is 0.492 e. The topological polar surface area (TPSA) is 38.5 Å². The fourth-order valence-electron chi connectivity index (χ4n) is 1.26. The molecular formula is C11H17FN2O. The van der Waals surface area contributed by atoms with Crippen molar-refractivity contribution in [3.05, 3.63) is 30.1 Å². The molecule has 0 bridgehead atoms. The lowest BCUT2D eigenvalue weighted by atomic mass is 10.3. The fourth-order valence-corrected chi connectivity index (χ4v) is 1.26. The van der Waals surface area contributed by atoms with Crippen molar-refractivity contribution in [3.8, 4) is 5.75 Å². The van der Waals surface area contributed by atoms with Crippen LogP contribution in [0.25, 0.3) is 0 Å². The summed E-state index contributed by atoms with van der Waals surface area (Å²) in [6.07, 6.45) is 0. The summed E-state index contributed by atoms with van der Waals surface area (Å²) in [6.45, 7) is 1.20. The van der Waals surface area contributed by atoms with Gasteiger partial charge in [-0.1, -0.05) is 0 Å². The number of benzene rings is 1. The van der Waals surface area contributed by atoms with Crippen LogP contribution in [-0.4, -0.2) is 38.2 Å². The monoisotopic (exact) mass is 212 g/mol. The Kier molecular flexibility index (Phi) is 4.52. The van der Waals surface area contributed by atoms with Gasteiger partial charge in [0.1, 0.15) is 18.2 Å². The van der Waals surface area contributed by atoms with Crippen LogP contribution in [0.3, 0.4) is 0 Å². The molecule has 1 aromatic rings. The predicted octanol–water partition coefficient (Wildman–Crippen LogP) is 1.09. The Morgan fingerprint density at radius 2 is 1.93 bits per heavy atom. The molecule has 0 fully saturated rings. The Bertz CT molecular complexity index is 287. The lowest BCUT2D eigenvalue weighted by molar-refractivity contribution is 0.254. The summed E-state index contributed by atoms with van der Waals surface area (Å²) in [6, 6.07) is 5.89. The maximum Gasteiger partial charge on any atom is 0.123 e. The molecular weight excluding hydrogens is 195 g/mol. The van der Waals surface area contributed by atoms with Crippen LogP contribution >= 0.6 is 0 Å². The SMILES string of the molecule is CN(C)CC(N)COc1ccc(F)cc1. The standard InChI is InChI=1S/C11H17FN2O/c1-14(2)7-10(13)8-15-11-5-3-9(12)4-6-11/h3-6,10H,7-8,13H2,1-2H3. The van der Waals surface area contributed by atoms with E-state index in [0.717, 1.165) is 6.54 Å². The maximum absolute atomic E-state index is 12.6. The van der Waals surface area contributed by atoms with Crippen molar-refractivity contribution in [2.24, 2.45) is 5.73 Å². The van der Waals surface area contributed by atoms with Crippen molar-refractivity contribution in [1.82, 2.24) is 4.90 Å². The fraction of sp³-hybridized carbons (Fsp3) is 0.455. The molecule has 0 saturated heterocycles. The molecule has 1 rings (SSSR count). The Morgan fingerprint density at radius 3 is 2.47 bits per heavy atom. The van der Waals surface area contributed by atoms with E-state index >= 15 is 0 Å². The first kappa shape index (κ1) is 11.9. The van der Waals surface area contributed by atoms with Crippen LogP contribution in [0.5, 0.6) is 5.75 Å². The van der Waals surface area contributed by atoms with Crippen molar-refractivity contribution in [1.29, 1.82) is 0 Å². The first-order chi connectivity index (χ1) is 7.08. The molecule has 3 nitrogen and oxygen atoms in total. The molecule has 0 heterocycles. The third-order valence-electron chi connectivity index (χ3n) is 1.88. The molecule has 1 unspecified atom stereocenters. The highest BCUT2D eigenvalue weighted by Crippen LogP contribution is 2.10. The molecule has 0 aliphatic rings. The quantitative estimate of drug-likeness (QED) is 0.794. The van der Waals surface area contributed by atoms with Gasteiger partial charge < -0.3 is 15.4 Å². The Hall–Kier alpha value is -1.13. The molecule has 0 aliphatic carbocycles. The molecule has 0 spiro atoms. The van der Waals surface area contributed by atoms with Gasteiger partial charge in [-0.3, -0.25) is 0 Å². The summed E-state index contributed by atoms with van der Waals surface area (Å²) in [7, 11) is 3.91. The summed E-state index contributed by atoms with van der Waals surface area (Å²) in [5.41, 5.74) is 5.81. The van der Waals surface area contributed by atoms with Gasteiger partial charge in [0.05, 0.1) is 6.04 Å². The average Bonchev–Trinajstić information content (AvgIpc) is 2.16. The van der Waals surface area contributed by atoms with E-state index in [-0.39, 0.29) is 11.9 Å². The summed E-state index contributed by atoms with van der Waals surface area (Å²) in [5, 5.41) is 0. The summed E-state index contributed by atoms with van der Waals surface area (Å²) < 4.78 is 18.0. The number of nitrogens with two attached hydrogens (primary N) is 1. The van der Waals surface area contributed by atoms with Crippen molar-refractivity contribution < 1.29 is 9.13 Å². The predicted molar refractivity (Wildman–Crippen MR) is 58.4 cm³/mol. The molecule has 15 heavy (non-hydrogen) atoms. The van der Waals surface area contributed by atoms with Gasteiger partial charge in [-0.25, -0.2) is 4.39 Å². The van der Waals surface area contributed by atoms with Gasteiger partial charge in [-0.05, 0) is 38.4 Å². The number of likely N-dealkylation sites (N-methyl/N-ethyl adjacent to an activating group) is 1. The summed E-state index contributed by atoms with van der Waals surface area (Å²) in [5.74, 6) is 0.380. The first-order valence-electron chi connectivity index (χ1n) is 4.86. The maximum atomic E-state index is 12.6. The van der Waals surface area contributed by atoms with Gasteiger partial charge >= 0.3 is 0 Å². The lowest BCUT2D eigenvalue weighted by Crippen LogP contribution is -2.37. The Balaban J connectivity index is 2.33. The van der Waals surface area contributed by atoms with E-state index in [0.29, 0.717) is 12.4 Å². The van der Waals surface area contributed by atoms with Crippen molar-refractivity contribution in [2.45, 2.75) is 6.04 Å². The lowest BCUT2D eigenvalue weighted by Gasteiger charge is -2.17. The van der Waals surface area contributed by atoms with Gasteiger partial charge in [-0.2, -0.15) is 0 Å². The molecule has 0 amide bonds. The van der Waals surface area contributed by atoms with Crippen LogP contribution in [0.1, 0.15) is 0 Å². The summed E-state index contributed by atoms with van der Waals surface area (Å²) >= 11 is 0. The molecule has 1 atom stereocenters. The van der Waals surface area contributed by atoms with Gasteiger partial charge in [0.25, 0.3) is 0 Å². The van der Waals surface area contributed by atoms with Gasteiger partial charge in [0.2, 0.25) is 0 Å². The normalized spacial score (nSPS) is 12.9. The van der Waals surface area contributed by atoms with Crippen LogP contribution in [0.15, 0.2) is 24.3 Å². The summed E-state index contributed by atoms with van der Waals surface area (Å²) in [4.78, 5) is 2.00. The number of nitrogens with zero attached hydrogens (tertiary/aromatic N) is 1. The van der Waals surface area contributed by atoms with E-state index < -0.39 is 0 Å². The molecule has 84 valence electrons. The van der Waals surface area contributed by atoms with Crippen molar-refractivity contribution in [2.75, 3.05) is 27.2 Å². The smallest absolute Gasteiger partial charge is 0.123 e. The van der Waals surface area contributed by atoms with Crippen LogP contribution in [-0.2, 0) is 0 Å². The highest BCUT2D eigenvalue weighted by atomic mass is 19.1. The van der Waals surface area contributed by atoms with Crippen LogP contribution < -0.4 is 10.5 Å². The van der Waals surface area contributed by atoms with E-state index in [2.05, 4.69) is 0 Å². The van der Waals surface area contributed by atoms with Crippen molar-refractivity contribution >= 4 is 0 Å². The highest BCUT2D eigenvalue weighted by Gasteiger charge is 2.04. The zero-order valence-electron chi connectivity index (χ0n) is 9.11. The molecule has 2 N–H and O–H groups in total. The van der Waals surface area contributed by atoms with Crippen LogP contribution in [0.4, 0.5) is 4.39 Å². The zero-order chi connectivity index (χ0) is 11.3. The second-order valence-electron chi connectivity index (χ2n) is 3.79. The number of rotatable bonds is 5. The molecule has 0 saturated carbocycles. The number of halogens is 1.